The lowest BCUT2D eigenvalue weighted by Gasteiger charge is -2.18. The van der Waals surface area contributed by atoms with Gasteiger partial charge in [0, 0.05) is 16.2 Å². The highest BCUT2D eigenvalue weighted by atomic mass is 79.9. The maximum absolute atomic E-state index is 5.19. The summed E-state index contributed by atoms with van der Waals surface area (Å²) in [6, 6.07) is 14.8. The molecule has 0 aliphatic heterocycles. The Labute approximate surface area is 129 Å². The summed E-state index contributed by atoms with van der Waals surface area (Å²) in [6.45, 7) is 4.34. The summed E-state index contributed by atoms with van der Waals surface area (Å²) in [7, 11) is 1.69. The molecule has 0 aliphatic carbocycles. The maximum Gasteiger partial charge on any atom is 0.118 e. The highest BCUT2D eigenvalue weighted by Crippen LogP contribution is 2.26. The molecule has 1 unspecified atom stereocenters. The molecule has 20 heavy (non-hydrogen) atoms. The fourth-order valence-corrected chi connectivity index (χ4v) is 2.61. The molecule has 2 aromatic carbocycles. The monoisotopic (exact) mass is 333 g/mol. The number of ether oxygens (including phenoxy) is 1. The number of rotatable bonds is 5. The van der Waals surface area contributed by atoms with E-state index in [2.05, 4.69) is 65.4 Å². The zero-order chi connectivity index (χ0) is 14.5. The molecule has 0 saturated carbocycles. The van der Waals surface area contributed by atoms with E-state index in [1.54, 1.807) is 7.11 Å². The van der Waals surface area contributed by atoms with Crippen molar-refractivity contribution in [3.05, 3.63) is 58.1 Å². The van der Waals surface area contributed by atoms with Crippen molar-refractivity contribution in [1.82, 2.24) is 0 Å². The quantitative estimate of drug-likeness (QED) is 0.812. The van der Waals surface area contributed by atoms with Gasteiger partial charge in [0.25, 0.3) is 0 Å². The first-order valence-electron chi connectivity index (χ1n) is 6.83. The van der Waals surface area contributed by atoms with E-state index in [1.165, 1.54) is 16.8 Å². The predicted molar refractivity (Wildman–Crippen MR) is 88.6 cm³/mol. The van der Waals surface area contributed by atoms with Gasteiger partial charge in [-0.05, 0) is 54.8 Å². The first kappa shape index (κ1) is 14.9. The summed E-state index contributed by atoms with van der Waals surface area (Å²) in [4.78, 5) is 0. The van der Waals surface area contributed by atoms with E-state index in [9.17, 15) is 0 Å². The van der Waals surface area contributed by atoms with Gasteiger partial charge in [0.05, 0.1) is 7.11 Å². The van der Waals surface area contributed by atoms with Crippen molar-refractivity contribution in [2.24, 2.45) is 0 Å². The molecular formula is C17H20BrNO. The van der Waals surface area contributed by atoms with Gasteiger partial charge in [0.1, 0.15) is 5.75 Å². The largest absolute Gasteiger partial charge is 0.497 e. The van der Waals surface area contributed by atoms with Gasteiger partial charge in [0.2, 0.25) is 0 Å². The Bertz CT molecular complexity index is 566. The summed E-state index contributed by atoms with van der Waals surface area (Å²) in [5.74, 6) is 0.888. The number of aryl methyl sites for hydroxylation is 1. The highest BCUT2D eigenvalue weighted by Gasteiger charge is 2.08. The Kier molecular flexibility index (Phi) is 5.07. The minimum atomic E-state index is 0.257. The standard InChI is InChI=1S/C17H20BrNO/c1-4-13-11-15(18)7-10-17(13)19-12(2)14-5-8-16(20-3)9-6-14/h5-12,19H,4H2,1-3H3. The van der Waals surface area contributed by atoms with E-state index in [0.717, 1.165) is 16.6 Å². The molecule has 3 heteroatoms. The van der Waals surface area contributed by atoms with Crippen molar-refractivity contribution in [2.45, 2.75) is 26.3 Å². The number of anilines is 1. The van der Waals surface area contributed by atoms with Gasteiger partial charge in [-0.15, -0.1) is 0 Å². The summed E-state index contributed by atoms with van der Waals surface area (Å²) in [5.41, 5.74) is 3.76. The second-order valence-electron chi connectivity index (χ2n) is 4.79. The Morgan fingerprint density at radius 1 is 1.15 bits per heavy atom. The number of methoxy groups -OCH3 is 1. The van der Waals surface area contributed by atoms with Gasteiger partial charge in [-0.2, -0.15) is 0 Å². The molecular weight excluding hydrogens is 314 g/mol. The van der Waals surface area contributed by atoms with Crippen LogP contribution in [0.2, 0.25) is 0 Å². The van der Waals surface area contributed by atoms with Crippen LogP contribution in [-0.2, 0) is 6.42 Å². The van der Waals surface area contributed by atoms with Gasteiger partial charge >= 0.3 is 0 Å². The van der Waals surface area contributed by atoms with Crippen molar-refractivity contribution in [3.63, 3.8) is 0 Å². The molecule has 1 N–H and O–H groups in total. The zero-order valence-electron chi connectivity index (χ0n) is 12.1. The van der Waals surface area contributed by atoms with E-state index in [-0.39, 0.29) is 6.04 Å². The lowest BCUT2D eigenvalue weighted by atomic mass is 10.1. The molecule has 0 amide bonds. The third kappa shape index (κ3) is 3.54. The van der Waals surface area contributed by atoms with Crippen molar-refractivity contribution in [1.29, 1.82) is 0 Å². The molecule has 0 bridgehead atoms. The molecule has 0 fully saturated rings. The van der Waals surface area contributed by atoms with Crippen LogP contribution in [0.5, 0.6) is 5.75 Å². The van der Waals surface area contributed by atoms with Crippen molar-refractivity contribution in [2.75, 3.05) is 12.4 Å². The number of nitrogens with one attached hydrogen (secondary N) is 1. The number of benzene rings is 2. The smallest absolute Gasteiger partial charge is 0.118 e. The average Bonchev–Trinajstić information content (AvgIpc) is 2.49. The van der Waals surface area contributed by atoms with Gasteiger partial charge < -0.3 is 10.1 Å². The van der Waals surface area contributed by atoms with Crippen LogP contribution in [0.3, 0.4) is 0 Å². The van der Waals surface area contributed by atoms with E-state index in [4.69, 9.17) is 4.74 Å². The van der Waals surface area contributed by atoms with Crippen LogP contribution in [0.25, 0.3) is 0 Å². The first-order chi connectivity index (χ1) is 9.63. The molecule has 2 aromatic rings. The molecule has 2 rings (SSSR count). The topological polar surface area (TPSA) is 21.3 Å². The normalized spacial score (nSPS) is 12.0. The third-order valence-electron chi connectivity index (χ3n) is 3.44. The lowest BCUT2D eigenvalue weighted by molar-refractivity contribution is 0.414. The number of halogens is 1. The molecule has 106 valence electrons. The molecule has 0 aromatic heterocycles. The molecule has 0 heterocycles. The van der Waals surface area contributed by atoms with E-state index >= 15 is 0 Å². The Hall–Kier alpha value is -1.48. The van der Waals surface area contributed by atoms with Crippen LogP contribution in [0.1, 0.15) is 31.0 Å². The van der Waals surface area contributed by atoms with E-state index < -0.39 is 0 Å². The van der Waals surface area contributed by atoms with Gasteiger partial charge in [-0.25, -0.2) is 0 Å². The van der Waals surface area contributed by atoms with Gasteiger partial charge in [0.15, 0.2) is 0 Å². The highest BCUT2D eigenvalue weighted by molar-refractivity contribution is 9.10. The molecule has 1 atom stereocenters. The predicted octanol–water partition coefficient (Wildman–Crippen LogP) is 5.19. The molecule has 2 nitrogen and oxygen atoms in total. The van der Waals surface area contributed by atoms with Crippen LogP contribution < -0.4 is 10.1 Å². The molecule has 0 saturated heterocycles. The second-order valence-corrected chi connectivity index (χ2v) is 5.71. The summed E-state index contributed by atoms with van der Waals surface area (Å²) < 4.78 is 6.31. The molecule has 0 radical (unpaired) electrons. The van der Waals surface area contributed by atoms with Crippen molar-refractivity contribution >= 4 is 21.6 Å². The average molecular weight is 334 g/mol. The fraction of sp³-hybridized carbons (Fsp3) is 0.294. The first-order valence-corrected chi connectivity index (χ1v) is 7.62. The Morgan fingerprint density at radius 2 is 1.85 bits per heavy atom. The minimum absolute atomic E-state index is 0.257. The SMILES string of the molecule is CCc1cc(Br)ccc1NC(C)c1ccc(OC)cc1. The van der Waals surface area contributed by atoms with E-state index in [0.29, 0.717) is 0 Å². The van der Waals surface area contributed by atoms with Crippen LogP contribution in [0.15, 0.2) is 46.9 Å². The Balaban J connectivity index is 2.16. The third-order valence-corrected chi connectivity index (χ3v) is 3.93. The maximum atomic E-state index is 5.19. The summed E-state index contributed by atoms with van der Waals surface area (Å²) in [6.07, 6.45) is 1.01. The van der Waals surface area contributed by atoms with Crippen LogP contribution >= 0.6 is 15.9 Å². The fourth-order valence-electron chi connectivity index (χ4n) is 2.20. The van der Waals surface area contributed by atoms with Crippen LogP contribution in [-0.4, -0.2) is 7.11 Å². The number of hydrogen-bond acceptors (Lipinski definition) is 2. The summed E-state index contributed by atoms with van der Waals surface area (Å²) in [5, 5.41) is 3.58. The van der Waals surface area contributed by atoms with Crippen molar-refractivity contribution in [3.8, 4) is 5.75 Å². The number of hydrogen-bond donors (Lipinski definition) is 1. The molecule has 0 aliphatic rings. The second kappa shape index (κ2) is 6.80. The molecule has 0 spiro atoms. The van der Waals surface area contributed by atoms with Gasteiger partial charge in [-0.3, -0.25) is 0 Å². The zero-order valence-corrected chi connectivity index (χ0v) is 13.7. The van der Waals surface area contributed by atoms with Gasteiger partial charge in [-0.1, -0.05) is 35.0 Å². The van der Waals surface area contributed by atoms with Crippen LogP contribution in [0.4, 0.5) is 5.69 Å². The Morgan fingerprint density at radius 3 is 2.45 bits per heavy atom. The van der Waals surface area contributed by atoms with E-state index in [1.807, 2.05) is 12.1 Å². The summed E-state index contributed by atoms with van der Waals surface area (Å²) >= 11 is 3.52. The lowest BCUT2D eigenvalue weighted by Crippen LogP contribution is -2.08. The minimum Gasteiger partial charge on any atom is -0.497 e. The van der Waals surface area contributed by atoms with Crippen LogP contribution in [0, 0.1) is 0 Å². The van der Waals surface area contributed by atoms with Crippen molar-refractivity contribution < 1.29 is 4.74 Å².